The summed E-state index contributed by atoms with van der Waals surface area (Å²) in [6, 6.07) is 15.0. The summed E-state index contributed by atoms with van der Waals surface area (Å²) in [4.78, 5) is 21.3. The lowest BCUT2D eigenvalue weighted by Gasteiger charge is -2.18. The van der Waals surface area contributed by atoms with Crippen molar-refractivity contribution < 1.29 is 14.3 Å². The van der Waals surface area contributed by atoms with Crippen molar-refractivity contribution in [2.75, 3.05) is 19.0 Å². The summed E-state index contributed by atoms with van der Waals surface area (Å²) in [5, 5.41) is 0.571. The fourth-order valence-corrected chi connectivity index (χ4v) is 3.61. The van der Waals surface area contributed by atoms with Crippen LogP contribution in [-0.4, -0.2) is 34.7 Å². The number of ether oxygens (including phenoxy) is 2. The lowest BCUT2D eigenvalue weighted by atomic mass is 10.1. The van der Waals surface area contributed by atoms with Gasteiger partial charge in [-0.2, -0.15) is 0 Å². The van der Waals surface area contributed by atoms with E-state index in [1.165, 1.54) is 11.8 Å². The van der Waals surface area contributed by atoms with Crippen LogP contribution in [0.1, 0.15) is 10.4 Å². The zero-order valence-electron chi connectivity index (χ0n) is 14.2. The summed E-state index contributed by atoms with van der Waals surface area (Å²) in [5.41, 5.74) is 2.42. The molecule has 1 aliphatic heterocycles. The summed E-state index contributed by atoms with van der Waals surface area (Å²) in [7, 11) is 0. The first-order valence-electron chi connectivity index (χ1n) is 8.34. The first kappa shape index (κ1) is 18.0. The molecule has 0 atom stereocenters. The highest BCUT2D eigenvalue weighted by atomic mass is 79.9. The van der Waals surface area contributed by atoms with Crippen molar-refractivity contribution in [3.05, 3.63) is 64.8 Å². The molecule has 2 heterocycles. The number of hydrogen-bond acceptors (Lipinski definition) is 6. The van der Waals surface area contributed by atoms with E-state index in [0.717, 1.165) is 15.7 Å². The van der Waals surface area contributed by atoms with E-state index in [9.17, 15) is 4.79 Å². The van der Waals surface area contributed by atoms with E-state index < -0.39 is 0 Å². The van der Waals surface area contributed by atoms with Crippen LogP contribution in [0.3, 0.4) is 0 Å². The van der Waals surface area contributed by atoms with Crippen molar-refractivity contribution in [1.29, 1.82) is 0 Å². The second-order valence-corrected chi connectivity index (χ2v) is 7.66. The van der Waals surface area contributed by atoms with Gasteiger partial charge in [0.05, 0.1) is 11.4 Å². The Morgan fingerprint density at radius 2 is 1.81 bits per heavy atom. The average molecular weight is 443 g/mol. The lowest BCUT2D eigenvalue weighted by molar-refractivity contribution is 0.102. The van der Waals surface area contributed by atoms with Crippen LogP contribution >= 0.6 is 27.7 Å². The number of thioether (sulfide) groups is 1. The molecule has 0 aliphatic carbocycles. The van der Waals surface area contributed by atoms with E-state index in [-0.39, 0.29) is 11.5 Å². The molecule has 7 heteroatoms. The molecular formula is C20H15BrN2O3S. The number of carbonyl (C=O) groups excluding carboxylic acids is 1. The number of rotatable bonds is 5. The maximum Gasteiger partial charge on any atom is 0.188 e. The van der Waals surface area contributed by atoms with Gasteiger partial charge in [0.2, 0.25) is 0 Å². The van der Waals surface area contributed by atoms with Crippen LogP contribution in [0.2, 0.25) is 0 Å². The summed E-state index contributed by atoms with van der Waals surface area (Å²) in [6.07, 6.45) is 1.71. The van der Waals surface area contributed by atoms with Crippen LogP contribution in [0.5, 0.6) is 11.5 Å². The first-order chi connectivity index (χ1) is 13.2. The topological polar surface area (TPSA) is 61.3 Å². The Morgan fingerprint density at radius 3 is 2.63 bits per heavy atom. The SMILES string of the molecule is O=C(CSc1nccc(-c2ccc(Br)cc2)n1)c1ccc2c(c1)OCCO2. The Labute approximate surface area is 169 Å². The number of hydrogen-bond donors (Lipinski definition) is 0. The molecule has 2 aromatic carbocycles. The predicted octanol–water partition coefficient (Wildman–Crippen LogP) is 4.65. The molecule has 0 unspecified atom stereocenters. The van der Waals surface area contributed by atoms with Crippen LogP contribution in [0.25, 0.3) is 11.3 Å². The Morgan fingerprint density at radius 1 is 1.04 bits per heavy atom. The minimum atomic E-state index is -0.00498. The van der Waals surface area contributed by atoms with Gasteiger partial charge in [-0.05, 0) is 36.4 Å². The second kappa shape index (κ2) is 8.10. The number of fused-ring (bicyclic) bond motifs is 1. The molecule has 4 rings (SSSR count). The number of aromatic nitrogens is 2. The number of halogens is 1. The maximum atomic E-state index is 12.5. The van der Waals surface area contributed by atoms with Gasteiger partial charge < -0.3 is 9.47 Å². The van der Waals surface area contributed by atoms with Crippen molar-refractivity contribution in [2.45, 2.75) is 5.16 Å². The minimum Gasteiger partial charge on any atom is -0.486 e. The standard InChI is InChI=1S/C20H15BrN2O3S/c21-15-4-1-13(2-5-15)16-7-8-22-20(23-16)27-12-17(24)14-3-6-18-19(11-14)26-10-9-25-18/h1-8,11H,9-10,12H2. The molecule has 0 N–H and O–H groups in total. The normalized spacial score (nSPS) is 12.6. The average Bonchev–Trinajstić information content (AvgIpc) is 2.72. The fourth-order valence-electron chi connectivity index (χ4n) is 2.62. The van der Waals surface area contributed by atoms with Crippen LogP contribution in [-0.2, 0) is 0 Å². The van der Waals surface area contributed by atoms with E-state index in [0.29, 0.717) is 35.4 Å². The number of benzene rings is 2. The van der Waals surface area contributed by atoms with Gasteiger partial charge in [-0.25, -0.2) is 9.97 Å². The Hall–Kier alpha value is -2.38. The first-order valence-corrected chi connectivity index (χ1v) is 10.1. The highest BCUT2D eigenvalue weighted by molar-refractivity contribution is 9.10. The molecule has 0 radical (unpaired) electrons. The molecule has 3 aromatic rings. The second-order valence-electron chi connectivity index (χ2n) is 5.80. The molecule has 1 aromatic heterocycles. The highest BCUT2D eigenvalue weighted by Gasteiger charge is 2.15. The van der Waals surface area contributed by atoms with E-state index in [4.69, 9.17) is 9.47 Å². The molecule has 0 spiro atoms. The zero-order valence-corrected chi connectivity index (χ0v) is 16.6. The van der Waals surface area contributed by atoms with Gasteiger partial charge in [0.1, 0.15) is 13.2 Å². The van der Waals surface area contributed by atoms with Gasteiger partial charge in [-0.15, -0.1) is 0 Å². The molecular weight excluding hydrogens is 428 g/mol. The summed E-state index contributed by atoms with van der Waals surface area (Å²) in [5.74, 6) is 1.54. The zero-order chi connectivity index (χ0) is 18.6. The van der Waals surface area contributed by atoms with Crippen molar-refractivity contribution in [3.63, 3.8) is 0 Å². The van der Waals surface area contributed by atoms with Crippen molar-refractivity contribution >= 4 is 33.5 Å². The van der Waals surface area contributed by atoms with Gasteiger partial charge in [0.25, 0.3) is 0 Å². The van der Waals surface area contributed by atoms with Gasteiger partial charge in [0.15, 0.2) is 22.4 Å². The Kier molecular flexibility index (Phi) is 5.40. The van der Waals surface area contributed by atoms with Crippen molar-refractivity contribution in [2.24, 2.45) is 0 Å². The van der Waals surface area contributed by atoms with E-state index >= 15 is 0 Å². The predicted molar refractivity (Wildman–Crippen MR) is 108 cm³/mol. The quantitative estimate of drug-likeness (QED) is 0.325. The molecule has 27 heavy (non-hydrogen) atoms. The molecule has 5 nitrogen and oxygen atoms in total. The number of nitrogens with zero attached hydrogens (tertiary/aromatic N) is 2. The fraction of sp³-hybridized carbons (Fsp3) is 0.150. The van der Waals surface area contributed by atoms with E-state index in [1.54, 1.807) is 24.4 Å². The van der Waals surface area contributed by atoms with Crippen LogP contribution in [0, 0.1) is 0 Å². The van der Waals surface area contributed by atoms with Gasteiger partial charge in [-0.3, -0.25) is 4.79 Å². The number of ketones is 1. The van der Waals surface area contributed by atoms with Gasteiger partial charge in [0, 0.05) is 21.8 Å². The summed E-state index contributed by atoms with van der Waals surface area (Å²) >= 11 is 4.75. The van der Waals surface area contributed by atoms with Crippen molar-refractivity contribution in [1.82, 2.24) is 9.97 Å². The van der Waals surface area contributed by atoms with Crippen LogP contribution in [0.4, 0.5) is 0 Å². The monoisotopic (exact) mass is 442 g/mol. The Balaban J connectivity index is 1.45. The van der Waals surface area contributed by atoms with E-state index in [2.05, 4.69) is 25.9 Å². The molecule has 0 bridgehead atoms. The third-order valence-corrected chi connectivity index (χ3v) is 5.36. The van der Waals surface area contributed by atoms with E-state index in [1.807, 2.05) is 30.3 Å². The van der Waals surface area contributed by atoms with Gasteiger partial charge >= 0.3 is 0 Å². The molecule has 136 valence electrons. The molecule has 0 saturated heterocycles. The number of carbonyl (C=O) groups is 1. The summed E-state index contributed by atoms with van der Waals surface area (Å²) < 4.78 is 12.0. The third-order valence-electron chi connectivity index (χ3n) is 3.97. The van der Waals surface area contributed by atoms with Gasteiger partial charge in [-0.1, -0.05) is 39.8 Å². The molecule has 1 aliphatic rings. The van der Waals surface area contributed by atoms with Crippen LogP contribution in [0.15, 0.2) is 64.4 Å². The number of Topliss-reactive ketones (excluding diaryl/α,β-unsaturated/α-hetero) is 1. The minimum absolute atomic E-state index is 0.00498. The molecule has 0 fully saturated rings. The van der Waals surface area contributed by atoms with Crippen LogP contribution < -0.4 is 9.47 Å². The Bertz CT molecular complexity index is 979. The lowest BCUT2D eigenvalue weighted by Crippen LogP contribution is -2.16. The van der Waals surface area contributed by atoms with Crippen molar-refractivity contribution in [3.8, 4) is 22.8 Å². The molecule has 0 amide bonds. The highest BCUT2D eigenvalue weighted by Crippen LogP contribution is 2.31. The molecule has 0 saturated carbocycles. The third kappa shape index (κ3) is 4.31. The smallest absolute Gasteiger partial charge is 0.188 e. The summed E-state index contributed by atoms with van der Waals surface area (Å²) in [6.45, 7) is 1.03. The largest absolute Gasteiger partial charge is 0.486 e. The maximum absolute atomic E-state index is 12.5.